The molecule has 1 aliphatic heterocycles. The predicted octanol–water partition coefficient (Wildman–Crippen LogP) is 1.90. The normalized spacial score (nSPS) is 32.5. The molecule has 4 atom stereocenters. The predicted molar refractivity (Wildman–Crippen MR) is 82.7 cm³/mol. The molecule has 2 aromatic rings. The van der Waals surface area contributed by atoms with E-state index in [9.17, 15) is 14.4 Å². The maximum atomic E-state index is 12.7. The summed E-state index contributed by atoms with van der Waals surface area (Å²) in [5.41, 5.74) is 1.31. The molecule has 5 rings (SSSR count). The number of nitrogens with one attached hydrogen (secondary N) is 1. The SMILES string of the molecule is O=C1C2C3C=CC(C3)C2C(=O)N1c1ccc2[nH]c(=O)sc2c1. The first kappa shape index (κ1) is 12.3. The Labute approximate surface area is 129 Å². The van der Waals surface area contributed by atoms with Crippen molar-refractivity contribution in [3.8, 4) is 0 Å². The molecule has 1 aromatic carbocycles. The van der Waals surface area contributed by atoms with Crippen molar-refractivity contribution in [1.29, 1.82) is 0 Å². The van der Waals surface area contributed by atoms with Crippen molar-refractivity contribution in [2.24, 2.45) is 23.7 Å². The van der Waals surface area contributed by atoms with Crippen LogP contribution in [0, 0.1) is 23.7 Å². The van der Waals surface area contributed by atoms with Crippen LogP contribution in [0.15, 0.2) is 35.1 Å². The first-order valence-electron chi connectivity index (χ1n) is 7.32. The van der Waals surface area contributed by atoms with Gasteiger partial charge in [-0.1, -0.05) is 23.5 Å². The minimum absolute atomic E-state index is 0.0888. The molecule has 2 amide bonds. The highest BCUT2D eigenvalue weighted by Gasteiger charge is 2.59. The maximum Gasteiger partial charge on any atom is 0.305 e. The number of carbonyl (C=O) groups excluding carboxylic acids is 2. The third kappa shape index (κ3) is 1.40. The van der Waals surface area contributed by atoms with Crippen molar-refractivity contribution in [2.45, 2.75) is 6.42 Å². The highest BCUT2D eigenvalue weighted by atomic mass is 32.1. The Morgan fingerprint density at radius 3 is 2.41 bits per heavy atom. The Hall–Kier alpha value is -2.21. The van der Waals surface area contributed by atoms with Gasteiger partial charge in [0.05, 0.1) is 27.7 Å². The number of imide groups is 1. The van der Waals surface area contributed by atoms with Gasteiger partial charge in [-0.2, -0.15) is 0 Å². The Bertz CT molecular complexity index is 895. The third-order valence-electron chi connectivity index (χ3n) is 5.13. The summed E-state index contributed by atoms with van der Waals surface area (Å²) in [7, 11) is 0. The van der Waals surface area contributed by atoms with Gasteiger partial charge in [0.25, 0.3) is 0 Å². The van der Waals surface area contributed by atoms with Crippen molar-refractivity contribution in [1.82, 2.24) is 4.98 Å². The van der Waals surface area contributed by atoms with Crippen molar-refractivity contribution < 1.29 is 9.59 Å². The number of hydrogen-bond donors (Lipinski definition) is 1. The maximum absolute atomic E-state index is 12.7. The summed E-state index contributed by atoms with van der Waals surface area (Å²) in [6.07, 6.45) is 5.10. The van der Waals surface area contributed by atoms with E-state index in [1.165, 1.54) is 4.90 Å². The highest BCUT2D eigenvalue weighted by molar-refractivity contribution is 7.16. The lowest BCUT2D eigenvalue weighted by molar-refractivity contribution is -0.123. The first-order chi connectivity index (χ1) is 10.6. The van der Waals surface area contributed by atoms with E-state index in [0.717, 1.165) is 28.0 Å². The lowest BCUT2D eigenvalue weighted by Crippen LogP contribution is -2.32. The zero-order valence-electron chi connectivity index (χ0n) is 11.5. The average Bonchev–Trinajstić information content (AvgIpc) is 3.21. The smallest absolute Gasteiger partial charge is 0.305 e. The number of aromatic amines is 1. The molecular formula is C16H12N2O3S. The molecule has 4 unspecified atom stereocenters. The lowest BCUT2D eigenvalue weighted by Gasteiger charge is -2.17. The van der Waals surface area contributed by atoms with E-state index < -0.39 is 0 Å². The van der Waals surface area contributed by atoms with Crippen molar-refractivity contribution in [2.75, 3.05) is 4.90 Å². The standard InChI is InChI=1S/C16H12N2O3S/c19-14-12-7-1-2-8(5-7)13(12)15(20)18(14)9-3-4-10-11(6-9)22-16(21)17-10/h1-4,6-8,12-13H,5H2,(H,17,21). The number of benzene rings is 1. The summed E-state index contributed by atoms with van der Waals surface area (Å²) in [4.78, 5) is 40.8. The third-order valence-corrected chi connectivity index (χ3v) is 5.98. The molecule has 2 fully saturated rings. The van der Waals surface area contributed by atoms with Crippen LogP contribution < -0.4 is 9.77 Å². The van der Waals surface area contributed by atoms with Gasteiger partial charge in [0.2, 0.25) is 11.8 Å². The molecule has 2 aliphatic carbocycles. The van der Waals surface area contributed by atoms with Crippen LogP contribution in [0.4, 0.5) is 5.69 Å². The number of hydrogen-bond acceptors (Lipinski definition) is 4. The number of nitrogens with zero attached hydrogens (tertiary/aromatic N) is 1. The van der Waals surface area contributed by atoms with E-state index in [0.29, 0.717) is 5.69 Å². The van der Waals surface area contributed by atoms with Gasteiger partial charge in [0, 0.05) is 0 Å². The minimum atomic E-state index is -0.192. The van der Waals surface area contributed by atoms with Gasteiger partial charge in [-0.25, -0.2) is 4.90 Å². The molecule has 1 saturated carbocycles. The number of carbonyl (C=O) groups is 2. The molecule has 1 aromatic heterocycles. The van der Waals surface area contributed by atoms with Gasteiger partial charge < -0.3 is 4.98 Å². The molecule has 0 radical (unpaired) electrons. The zero-order chi connectivity index (χ0) is 15.0. The molecule has 22 heavy (non-hydrogen) atoms. The second-order valence-electron chi connectivity index (χ2n) is 6.21. The molecule has 2 heterocycles. The Kier molecular flexibility index (Phi) is 2.22. The van der Waals surface area contributed by atoms with E-state index in [-0.39, 0.29) is 40.4 Å². The molecule has 1 saturated heterocycles. The van der Waals surface area contributed by atoms with Gasteiger partial charge in [0.1, 0.15) is 0 Å². The largest absolute Gasteiger partial charge is 0.312 e. The fourth-order valence-corrected chi connectivity index (χ4v) is 5.00. The first-order valence-corrected chi connectivity index (χ1v) is 8.14. The van der Waals surface area contributed by atoms with E-state index in [1.54, 1.807) is 18.2 Å². The minimum Gasteiger partial charge on any atom is -0.312 e. The number of fused-ring (bicyclic) bond motifs is 6. The van der Waals surface area contributed by atoms with Crippen LogP contribution in [0.5, 0.6) is 0 Å². The Balaban J connectivity index is 1.61. The van der Waals surface area contributed by atoms with Crippen LogP contribution in [-0.2, 0) is 9.59 Å². The van der Waals surface area contributed by atoms with E-state index in [4.69, 9.17) is 0 Å². The number of aromatic nitrogens is 1. The Morgan fingerprint density at radius 2 is 1.73 bits per heavy atom. The quantitative estimate of drug-likeness (QED) is 0.646. The summed E-state index contributed by atoms with van der Waals surface area (Å²) in [6.45, 7) is 0. The molecule has 5 nitrogen and oxygen atoms in total. The van der Waals surface area contributed by atoms with Crippen molar-refractivity contribution in [3.05, 3.63) is 40.0 Å². The van der Waals surface area contributed by atoms with Gasteiger partial charge in [0.15, 0.2) is 0 Å². The van der Waals surface area contributed by atoms with E-state index in [2.05, 4.69) is 17.1 Å². The van der Waals surface area contributed by atoms with Crippen LogP contribution in [0.3, 0.4) is 0 Å². The van der Waals surface area contributed by atoms with E-state index >= 15 is 0 Å². The Morgan fingerprint density at radius 1 is 1.05 bits per heavy atom. The molecule has 0 spiro atoms. The summed E-state index contributed by atoms with van der Waals surface area (Å²) < 4.78 is 0.765. The van der Waals surface area contributed by atoms with Crippen LogP contribution >= 0.6 is 11.3 Å². The number of thiazole rings is 1. The number of H-pyrrole nitrogens is 1. The van der Waals surface area contributed by atoms with Crippen molar-refractivity contribution >= 4 is 39.1 Å². The fraction of sp³-hybridized carbons (Fsp3) is 0.312. The summed E-state index contributed by atoms with van der Waals surface area (Å²) in [6, 6.07) is 5.24. The number of allylic oxidation sites excluding steroid dienone is 2. The summed E-state index contributed by atoms with van der Waals surface area (Å²) in [5.74, 6) is -0.138. The summed E-state index contributed by atoms with van der Waals surface area (Å²) in [5, 5.41) is 0. The zero-order valence-corrected chi connectivity index (χ0v) is 12.3. The topological polar surface area (TPSA) is 70.2 Å². The average molecular weight is 312 g/mol. The number of rotatable bonds is 1. The van der Waals surface area contributed by atoms with Gasteiger partial charge in [-0.15, -0.1) is 0 Å². The van der Waals surface area contributed by atoms with Crippen LogP contribution in [-0.4, -0.2) is 16.8 Å². The molecule has 1 N–H and O–H groups in total. The number of amides is 2. The van der Waals surface area contributed by atoms with E-state index in [1.807, 2.05) is 0 Å². The monoisotopic (exact) mass is 312 g/mol. The number of anilines is 1. The second kappa shape index (κ2) is 3.95. The van der Waals surface area contributed by atoms with Crippen molar-refractivity contribution in [3.63, 3.8) is 0 Å². The molecule has 2 bridgehead atoms. The van der Waals surface area contributed by atoms with Gasteiger partial charge in [-0.3, -0.25) is 14.4 Å². The second-order valence-corrected chi connectivity index (χ2v) is 7.22. The fourth-order valence-electron chi connectivity index (χ4n) is 4.23. The highest BCUT2D eigenvalue weighted by Crippen LogP contribution is 2.53. The molecule has 3 aliphatic rings. The summed E-state index contributed by atoms with van der Waals surface area (Å²) >= 11 is 1.09. The molecule has 6 heteroatoms. The van der Waals surface area contributed by atoms with Gasteiger partial charge in [-0.05, 0) is 36.5 Å². The lowest BCUT2D eigenvalue weighted by atomic mass is 9.85. The van der Waals surface area contributed by atoms with Crippen LogP contribution in [0.1, 0.15) is 6.42 Å². The molecular weight excluding hydrogens is 300 g/mol. The van der Waals surface area contributed by atoms with Crippen LogP contribution in [0.2, 0.25) is 0 Å². The molecule has 110 valence electrons. The van der Waals surface area contributed by atoms with Gasteiger partial charge >= 0.3 is 4.87 Å². The van der Waals surface area contributed by atoms with Crippen LogP contribution in [0.25, 0.3) is 10.2 Å².